The number of amides is 1. The zero-order valence-corrected chi connectivity index (χ0v) is 55.0. The molecule has 0 aromatic carbocycles. The summed E-state index contributed by atoms with van der Waals surface area (Å²) in [5, 5.41) is 23.2. The van der Waals surface area contributed by atoms with Gasteiger partial charge in [0.1, 0.15) is 0 Å². The van der Waals surface area contributed by atoms with Crippen molar-refractivity contribution in [2.24, 2.45) is 0 Å². The number of hydrogen-bond donors (Lipinski definition) is 3. The summed E-state index contributed by atoms with van der Waals surface area (Å²) in [6.07, 6.45) is 89.8. The number of aliphatic hydroxyl groups excluding tert-OH is 2. The van der Waals surface area contributed by atoms with Gasteiger partial charge in [0, 0.05) is 12.8 Å². The van der Waals surface area contributed by atoms with E-state index in [0.717, 1.165) is 44.9 Å². The highest BCUT2D eigenvalue weighted by atomic mass is 16.5. The van der Waals surface area contributed by atoms with Gasteiger partial charge >= 0.3 is 5.97 Å². The van der Waals surface area contributed by atoms with E-state index in [-0.39, 0.29) is 18.5 Å². The van der Waals surface area contributed by atoms with E-state index in [4.69, 9.17) is 4.74 Å². The molecule has 0 aliphatic carbocycles. The van der Waals surface area contributed by atoms with Gasteiger partial charge in [0.05, 0.1) is 25.4 Å². The van der Waals surface area contributed by atoms with Crippen molar-refractivity contribution in [1.82, 2.24) is 5.32 Å². The Morgan fingerprint density at radius 3 is 0.877 bits per heavy atom. The van der Waals surface area contributed by atoms with Crippen LogP contribution in [0.3, 0.4) is 0 Å². The molecule has 0 aliphatic heterocycles. The molecule has 0 saturated carbocycles. The Kier molecular flexibility index (Phi) is 69.4. The van der Waals surface area contributed by atoms with Crippen molar-refractivity contribution in [3.63, 3.8) is 0 Å². The molecule has 6 nitrogen and oxygen atoms in total. The Bertz CT molecular complexity index is 1270. The standard InChI is InChI=1S/C75H145NO5/c1-3-5-7-9-11-13-15-16-45-49-53-57-61-65-69-75(80)81-70-66-62-58-54-50-46-43-41-39-37-35-33-31-29-27-25-23-21-19-17-18-20-22-24-26-28-30-32-34-36-38-40-42-44-48-52-56-60-64-68-74(79)76-72(71-77)73(78)67-63-59-55-51-47-14-12-10-8-6-4-2/h15-18,72-73,77-78H,3-14,19-71H2,1-2H3,(H,76,79)/b16-15-,18-17-. The van der Waals surface area contributed by atoms with Crippen LogP contribution in [0.4, 0.5) is 0 Å². The number of carbonyl (C=O) groups is 2. The van der Waals surface area contributed by atoms with Crippen molar-refractivity contribution in [2.75, 3.05) is 13.2 Å². The Morgan fingerprint density at radius 2 is 0.580 bits per heavy atom. The average Bonchev–Trinajstić information content (AvgIpc) is 3.47. The smallest absolute Gasteiger partial charge is 0.305 e. The molecular formula is C75H145NO5. The minimum atomic E-state index is -0.659. The van der Waals surface area contributed by atoms with Gasteiger partial charge in [-0.2, -0.15) is 0 Å². The quantitative estimate of drug-likeness (QED) is 0.0320. The normalized spacial score (nSPS) is 12.6. The Morgan fingerprint density at radius 1 is 0.333 bits per heavy atom. The molecule has 1 amide bonds. The van der Waals surface area contributed by atoms with Crippen molar-refractivity contribution < 1.29 is 24.5 Å². The molecule has 2 atom stereocenters. The SMILES string of the molecule is CCCCCCC/C=C\CCCCCCCC(=O)OCCCCCCCCCCCCCCCCCCCC/C=C\CCCCCCCCCCCCCCCCCCCC(=O)NC(CO)C(O)CCCCCCCCCCCCC. The highest BCUT2D eigenvalue weighted by Crippen LogP contribution is 2.19. The molecule has 0 aromatic rings. The zero-order valence-electron chi connectivity index (χ0n) is 55.0. The molecular weight excluding hydrogens is 995 g/mol. The summed E-state index contributed by atoms with van der Waals surface area (Å²) in [7, 11) is 0. The number of hydrogen-bond acceptors (Lipinski definition) is 5. The van der Waals surface area contributed by atoms with Crippen molar-refractivity contribution in [1.29, 1.82) is 0 Å². The second kappa shape index (κ2) is 70.8. The summed E-state index contributed by atoms with van der Waals surface area (Å²) in [6, 6.07) is -0.536. The molecule has 0 aromatic heterocycles. The fourth-order valence-electron chi connectivity index (χ4n) is 11.8. The Hall–Kier alpha value is -1.66. The number of ether oxygens (including phenoxy) is 1. The van der Waals surface area contributed by atoms with E-state index >= 15 is 0 Å². The van der Waals surface area contributed by atoms with Gasteiger partial charge < -0.3 is 20.3 Å². The molecule has 3 N–H and O–H groups in total. The number of nitrogens with one attached hydrogen (secondary N) is 1. The molecule has 2 unspecified atom stereocenters. The Labute approximate surface area is 507 Å². The lowest BCUT2D eigenvalue weighted by molar-refractivity contribution is -0.143. The van der Waals surface area contributed by atoms with Gasteiger partial charge in [0.2, 0.25) is 5.91 Å². The van der Waals surface area contributed by atoms with E-state index in [1.54, 1.807) is 0 Å². The van der Waals surface area contributed by atoms with Crippen LogP contribution in [0.25, 0.3) is 0 Å². The van der Waals surface area contributed by atoms with Crippen LogP contribution in [-0.4, -0.2) is 47.4 Å². The first kappa shape index (κ1) is 79.3. The zero-order chi connectivity index (χ0) is 58.5. The van der Waals surface area contributed by atoms with E-state index < -0.39 is 12.1 Å². The Balaban J connectivity index is 3.30. The summed E-state index contributed by atoms with van der Waals surface area (Å²) in [4.78, 5) is 24.5. The summed E-state index contributed by atoms with van der Waals surface area (Å²) < 4.78 is 5.49. The number of esters is 1. The molecule has 480 valence electrons. The number of rotatable bonds is 70. The van der Waals surface area contributed by atoms with Crippen LogP contribution in [0.1, 0.15) is 418 Å². The molecule has 0 saturated heterocycles. The summed E-state index contributed by atoms with van der Waals surface area (Å²) >= 11 is 0. The average molecular weight is 1140 g/mol. The minimum Gasteiger partial charge on any atom is -0.466 e. The lowest BCUT2D eigenvalue weighted by Gasteiger charge is -2.22. The van der Waals surface area contributed by atoms with E-state index in [2.05, 4.69) is 43.5 Å². The third kappa shape index (κ3) is 67.3. The predicted octanol–water partition coefficient (Wildman–Crippen LogP) is 24.1. The van der Waals surface area contributed by atoms with Gasteiger partial charge in [-0.1, -0.05) is 353 Å². The maximum absolute atomic E-state index is 12.5. The van der Waals surface area contributed by atoms with Crippen molar-refractivity contribution in [3.05, 3.63) is 24.3 Å². The van der Waals surface area contributed by atoms with Gasteiger partial charge in [-0.05, 0) is 77.0 Å². The lowest BCUT2D eigenvalue weighted by atomic mass is 10.0. The molecule has 81 heavy (non-hydrogen) atoms. The molecule has 0 spiro atoms. The third-order valence-electron chi connectivity index (χ3n) is 17.5. The molecule has 0 rings (SSSR count). The maximum Gasteiger partial charge on any atom is 0.305 e. The maximum atomic E-state index is 12.5. The van der Waals surface area contributed by atoms with Gasteiger partial charge in [-0.3, -0.25) is 9.59 Å². The van der Waals surface area contributed by atoms with Crippen LogP contribution in [0.15, 0.2) is 24.3 Å². The van der Waals surface area contributed by atoms with Gasteiger partial charge in [0.15, 0.2) is 0 Å². The molecule has 6 heteroatoms. The minimum absolute atomic E-state index is 0.0144. The first-order valence-electron chi connectivity index (χ1n) is 37.1. The van der Waals surface area contributed by atoms with E-state index in [1.807, 2.05) is 0 Å². The van der Waals surface area contributed by atoms with Crippen molar-refractivity contribution >= 4 is 11.9 Å². The topological polar surface area (TPSA) is 95.9 Å². The summed E-state index contributed by atoms with van der Waals surface area (Å²) in [6.45, 7) is 4.96. The number of carbonyl (C=O) groups excluding carboxylic acids is 2. The van der Waals surface area contributed by atoms with Crippen LogP contribution in [0, 0.1) is 0 Å². The number of allylic oxidation sites excluding steroid dienone is 4. The highest BCUT2D eigenvalue weighted by molar-refractivity contribution is 5.76. The van der Waals surface area contributed by atoms with Crippen molar-refractivity contribution in [2.45, 2.75) is 431 Å². The van der Waals surface area contributed by atoms with Crippen LogP contribution < -0.4 is 5.32 Å². The van der Waals surface area contributed by atoms with Crippen LogP contribution in [-0.2, 0) is 14.3 Å². The third-order valence-corrected chi connectivity index (χ3v) is 17.5. The second-order valence-corrected chi connectivity index (χ2v) is 25.6. The molecule has 0 fully saturated rings. The summed E-state index contributed by atoms with van der Waals surface area (Å²) in [5.41, 5.74) is 0. The largest absolute Gasteiger partial charge is 0.466 e. The van der Waals surface area contributed by atoms with E-state index in [9.17, 15) is 19.8 Å². The van der Waals surface area contributed by atoms with E-state index in [0.29, 0.717) is 25.9 Å². The van der Waals surface area contributed by atoms with Crippen LogP contribution in [0.5, 0.6) is 0 Å². The fourth-order valence-corrected chi connectivity index (χ4v) is 11.8. The lowest BCUT2D eigenvalue weighted by Crippen LogP contribution is -2.45. The van der Waals surface area contributed by atoms with Gasteiger partial charge in [-0.15, -0.1) is 0 Å². The monoisotopic (exact) mass is 1140 g/mol. The summed E-state index contributed by atoms with van der Waals surface area (Å²) in [5.74, 6) is -0.0150. The first-order valence-corrected chi connectivity index (χ1v) is 37.1. The van der Waals surface area contributed by atoms with Crippen molar-refractivity contribution in [3.8, 4) is 0 Å². The number of aliphatic hydroxyl groups is 2. The van der Waals surface area contributed by atoms with Gasteiger partial charge in [-0.25, -0.2) is 0 Å². The molecule has 0 aliphatic rings. The highest BCUT2D eigenvalue weighted by Gasteiger charge is 2.20. The van der Waals surface area contributed by atoms with E-state index in [1.165, 1.54) is 340 Å². The van der Waals surface area contributed by atoms with Crippen LogP contribution in [0.2, 0.25) is 0 Å². The fraction of sp³-hybridized carbons (Fsp3) is 0.920. The van der Waals surface area contributed by atoms with Gasteiger partial charge in [0.25, 0.3) is 0 Å². The number of unbranched alkanes of at least 4 members (excludes halogenated alkanes) is 55. The molecule has 0 heterocycles. The molecule has 0 bridgehead atoms. The first-order chi connectivity index (χ1) is 40.0. The molecule has 0 radical (unpaired) electrons. The van der Waals surface area contributed by atoms with Crippen LogP contribution >= 0.6 is 0 Å². The second-order valence-electron chi connectivity index (χ2n) is 25.6. The predicted molar refractivity (Wildman–Crippen MR) is 356 cm³/mol.